The minimum atomic E-state index is -0.481. The Bertz CT molecular complexity index is 1220. The number of benzene rings is 2. The van der Waals surface area contributed by atoms with Crippen LogP contribution < -0.4 is 0 Å². The summed E-state index contributed by atoms with van der Waals surface area (Å²) in [5.41, 5.74) is 1.01. The standard InChI is InChI=1S/C18H12N6O4S2/c25-14-7-2-1-4-12(14)9-19-17-22-23-18(30-17)29-10-15-20-21-16(28-15)11-5-3-6-13(8-11)24(26)27/h1-9,25H,10H2. The van der Waals surface area contributed by atoms with E-state index in [-0.39, 0.29) is 17.3 Å². The van der Waals surface area contributed by atoms with Crippen molar-refractivity contribution in [2.24, 2.45) is 4.99 Å². The summed E-state index contributed by atoms with van der Waals surface area (Å²) in [6.45, 7) is 0. The Labute approximate surface area is 177 Å². The van der Waals surface area contributed by atoms with Gasteiger partial charge in [-0.15, -0.1) is 20.4 Å². The molecule has 30 heavy (non-hydrogen) atoms. The molecule has 0 radical (unpaired) electrons. The van der Waals surface area contributed by atoms with E-state index in [1.165, 1.54) is 41.4 Å². The van der Waals surface area contributed by atoms with Gasteiger partial charge in [-0.2, -0.15) is 0 Å². The Morgan fingerprint density at radius 2 is 2.03 bits per heavy atom. The van der Waals surface area contributed by atoms with Crippen LogP contribution in [0.5, 0.6) is 5.75 Å². The summed E-state index contributed by atoms with van der Waals surface area (Å²) in [6.07, 6.45) is 1.52. The molecule has 0 amide bonds. The van der Waals surface area contributed by atoms with E-state index < -0.39 is 4.92 Å². The van der Waals surface area contributed by atoms with Crippen LogP contribution in [0.15, 0.2) is 62.3 Å². The van der Waals surface area contributed by atoms with Gasteiger partial charge in [-0.3, -0.25) is 10.1 Å². The lowest BCUT2D eigenvalue weighted by molar-refractivity contribution is -0.384. The number of phenolic OH excluding ortho intramolecular Hbond substituents is 1. The number of aliphatic imine (C=N–C) groups is 1. The second-order valence-corrected chi connectivity index (χ2v) is 7.94. The van der Waals surface area contributed by atoms with Gasteiger partial charge in [0.25, 0.3) is 5.69 Å². The number of hydrogen-bond donors (Lipinski definition) is 1. The van der Waals surface area contributed by atoms with Crippen molar-refractivity contribution in [1.82, 2.24) is 20.4 Å². The SMILES string of the molecule is O=[N+]([O-])c1cccc(-c2nnc(CSc3nnc(N=Cc4ccccc4O)s3)o2)c1. The zero-order chi connectivity index (χ0) is 20.9. The fourth-order valence-corrected chi connectivity index (χ4v) is 3.86. The molecular weight excluding hydrogens is 428 g/mol. The lowest BCUT2D eigenvalue weighted by Crippen LogP contribution is -1.88. The number of aromatic nitrogens is 4. The largest absolute Gasteiger partial charge is 0.507 e. The van der Waals surface area contributed by atoms with E-state index >= 15 is 0 Å². The maximum atomic E-state index is 10.9. The van der Waals surface area contributed by atoms with Crippen LogP contribution in [0.2, 0.25) is 0 Å². The van der Waals surface area contributed by atoms with E-state index in [2.05, 4.69) is 25.4 Å². The molecule has 2 aromatic carbocycles. The normalized spacial score (nSPS) is 11.2. The first kappa shape index (κ1) is 19.7. The maximum absolute atomic E-state index is 10.9. The number of para-hydroxylation sites is 1. The summed E-state index contributed by atoms with van der Waals surface area (Å²) >= 11 is 2.63. The summed E-state index contributed by atoms with van der Waals surface area (Å²) in [7, 11) is 0. The molecule has 12 heteroatoms. The summed E-state index contributed by atoms with van der Waals surface area (Å²) in [4.78, 5) is 14.6. The number of nitro benzene ring substituents is 1. The molecule has 0 unspecified atom stereocenters. The molecule has 0 spiro atoms. The molecule has 10 nitrogen and oxygen atoms in total. The molecule has 0 aliphatic heterocycles. The summed E-state index contributed by atoms with van der Waals surface area (Å²) in [5, 5.41) is 37.0. The average molecular weight is 440 g/mol. The number of hydrogen-bond acceptors (Lipinski definition) is 11. The van der Waals surface area contributed by atoms with Gasteiger partial charge in [0.1, 0.15) is 5.75 Å². The Hall–Kier alpha value is -3.64. The molecule has 0 fully saturated rings. The third-order valence-corrected chi connectivity index (χ3v) is 5.69. The quantitative estimate of drug-likeness (QED) is 0.193. The molecular formula is C18H12N6O4S2. The predicted molar refractivity (Wildman–Crippen MR) is 111 cm³/mol. The highest BCUT2D eigenvalue weighted by Crippen LogP contribution is 2.30. The van der Waals surface area contributed by atoms with Crippen molar-refractivity contribution in [3.63, 3.8) is 0 Å². The van der Waals surface area contributed by atoms with Crippen LogP contribution in [0, 0.1) is 10.1 Å². The monoisotopic (exact) mass is 440 g/mol. The average Bonchev–Trinajstić information content (AvgIpc) is 3.41. The fourth-order valence-electron chi connectivity index (χ4n) is 2.34. The number of aromatic hydroxyl groups is 1. The molecule has 0 saturated carbocycles. The van der Waals surface area contributed by atoms with E-state index in [9.17, 15) is 15.2 Å². The van der Waals surface area contributed by atoms with Crippen molar-refractivity contribution in [2.45, 2.75) is 10.1 Å². The van der Waals surface area contributed by atoms with Crippen LogP contribution >= 0.6 is 23.1 Å². The van der Waals surface area contributed by atoms with Gasteiger partial charge < -0.3 is 9.52 Å². The van der Waals surface area contributed by atoms with Gasteiger partial charge in [0, 0.05) is 29.5 Å². The molecule has 1 N–H and O–H groups in total. The zero-order valence-corrected chi connectivity index (χ0v) is 16.7. The van der Waals surface area contributed by atoms with Gasteiger partial charge in [-0.1, -0.05) is 41.3 Å². The van der Waals surface area contributed by atoms with Crippen LogP contribution in [0.1, 0.15) is 11.5 Å². The fraction of sp³-hybridized carbons (Fsp3) is 0.0556. The van der Waals surface area contributed by atoms with Gasteiger partial charge in [0.2, 0.25) is 16.9 Å². The highest BCUT2D eigenvalue weighted by molar-refractivity contribution is 8.00. The Morgan fingerprint density at radius 3 is 2.87 bits per heavy atom. The van der Waals surface area contributed by atoms with Gasteiger partial charge in [0.15, 0.2) is 4.34 Å². The first-order valence-electron chi connectivity index (χ1n) is 8.44. The summed E-state index contributed by atoms with van der Waals surface area (Å²) in [6, 6.07) is 12.8. The van der Waals surface area contributed by atoms with E-state index in [4.69, 9.17) is 4.42 Å². The van der Waals surface area contributed by atoms with Crippen LogP contribution in [-0.2, 0) is 5.75 Å². The molecule has 0 aliphatic rings. The zero-order valence-electron chi connectivity index (χ0n) is 15.1. The summed E-state index contributed by atoms with van der Waals surface area (Å²) in [5.74, 6) is 1.06. The van der Waals surface area contributed by atoms with E-state index in [0.29, 0.717) is 32.2 Å². The van der Waals surface area contributed by atoms with Crippen LogP contribution in [0.25, 0.3) is 11.5 Å². The number of rotatable bonds is 7. The van der Waals surface area contributed by atoms with Gasteiger partial charge >= 0.3 is 0 Å². The Balaban J connectivity index is 1.39. The first-order chi connectivity index (χ1) is 14.6. The van der Waals surface area contributed by atoms with Crippen molar-refractivity contribution in [1.29, 1.82) is 0 Å². The number of nitro groups is 1. The third-order valence-electron chi connectivity index (χ3n) is 3.74. The van der Waals surface area contributed by atoms with Crippen molar-refractivity contribution >= 4 is 40.1 Å². The second kappa shape index (κ2) is 8.80. The van der Waals surface area contributed by atoms with Crippen molar-refractivity contribution in [3.8, 4) is 17.2 Å². The first-order valence-corrected chi connectivity index (χ1v) is 10.2. The topological polar surface area (TPSA) is 140 Å². The van der Waals surface area contributed by atoms with E-state index in [1.807, 2.05) is 0 Å². The molecule has 0 saturated heterocycles. The maximum Gasteiger partial charge on any atom is 0.270 e. The van der Waals surface area contributed by atoms with Crippen LogP contribution in [-0.4, -0.2) is 36.6 Å². The molecule has 0 atom stereocenters. The number of nitrogens with zero attached hydrogens (tertiary/aromatic N) is 6. The number of non-ortho nitro benzene ring substituents is 1. The van der Waals surface area contributed by atoms with Crippen molar-refractivity contribution < 1.29 is 14.4 Å². The van der Waals surface area contributed by atoms with Gasteiger partial charge in [-0.05, 0) is 18.2 Å². The van der Waals surface area contributed by atoms with Crippen molar-refractivity contribution in [2.75, 3.05) is 0 Å². The smallest absolute Gasteiger partial charge is 0.270 e. The molecule has 2 aromatic heterocycles. The molecule has 4 aromatic rings. The van der Waals surface area contributed by atoms with Crippen LogP contribution in [0.3, 0.4) is 0 Å². The lowest BCUT2D eigenvalue weighted by Gasteiger charge is -1.95. The van der Waals surface area contributed by atoms with Gasteiger partial charge in [-0.25, -0.2) is 4.99 Å². The lowest BCUT2D eigenvalue weighted by atomic mass is 10.2. The number of thioether (sulfide) groups is 1. The minimum absolute atomic E-state index is 0.0487. The second-order valence-electron chi connectivity index (χ2n) is 5.76. The van der Waals surface area contributed by atoms with Crippen molar-refractivity contribution in [3.05, 3.63) is 70.1 Å². The third kappa shape index (κ3) is 4.67. The van der Waals surface area contributed by atoms with Crippen LogP contribution in [0.4, 0.5) is 10.8 Å². The molecule has 4 rings (SSSR count). The Kier molecular flexibility index (Phi) is 5.77. The summed E-state index contributed by atoms with van der Waals surface area (Å²) < 4.78 is 6.25. The minimum Gasteiger partial charge on any atom is -0.507 e. The molecule has 150 valence electrons. The van der Waals surface area contributed by atoms with E-state index in [0.717, 1.165) is 0 Å². The molecule has 0 aliphatic carbocycles. The Morgan fingerprint density at radius 1 is 1.17 bits per heavy atom. The van der Waals surface area contributed by atoms with Gasteiger partial charge in [0.05, 0.1) is 10.7 Å². The highest BCUT2D eigenvalue weighted by Gasteiger charge is 2.14. The molecule has 0 bridgehead atoms. The predicted octanol–water partition coefficient (Wildman–Crippen LogP) is 4.24. The highest BCUT2D eigenvalue weighted by atomic mass is 32.2. The molecule has 2 heterocycles. The van der Waals surface area contributed by atoms with E-state index in [1.54, 1.807) is 36.4 Å². The number of phenols is 1.